The zero-order valence-electron chi connectivity index (χ0n) is 9.98. The van der Waals surface area contributed by atoms with Gasteiger partial charge < -0.3 is 15.1 Å². The minimum Gasteiger partial charge on any atom is -0.349 e. The monoisotopic (exact) mass is 269 g/mol. The first-order chi connectivity index (χ1) is 8.38. The van der Waals surface area contributed by atoms with Crippen molar-refractivity contribution in [2.75, 3.05) is 0 Å². The smallest absolute Gasteiger partial charge is 0.348 e. The fourth-order valence-electron chi connectivity index (χ4n) is 1.36. The molecule has 0 saturated heterocycles. The Balaban J connectivity index is 2.46. The normalized spacial score (nSPS) is 13.5. The molecule has 1 amide bonds. The number of nitrogens with one attached hydrogen (secondary N) is 1. The van der Waals surface area contributed by atoms with Gasteiger partial charge >= 0.3 is 7.60 Å². The molecule has 5 nitrogen and oxygen atoms in total. The molecule has 98 valence electrons. The number of benzene rings is 1. The Kier molecular flexibility index (Phi) is 5.28. The van der Waals surface area contributed by atoms with Crippen LogP contribution in [0.3, 0.4) is 0 Å². The Labute approximate surface area is 106 Å². The van der Waals surface area contributed by atoms with Crippen LogP contribution in [0.5, 0.6) is 0 Å². The van der Waals surface area contributed by atoms with Gasteiger partial charge in [0, 0.05) is 17.4 Å². The van der Waals surface area contributed by atoms with E-state index in [2.05, 4.69) is 5.32 Å². The summed E-state index contributed by atoms with van der Waals surface area (Å²) in [6.07, 6.45) is 1.74. The van der Waals surface area contributed by atoms with Crippen molar-refractivity contribution >= 4 is 13.5 Å². The van der Waals surface area contributed by atoms with Crippen LogP contribution in [-0.2, 0) is 4.57 Å². The van der Waals surface area contributed by atoms with Gasteiger partial charge in [-0.1, -0.05) is 24.3 Å². The molecule has 0 radical (unpaired) electrons. The standard InChI is InChI=1S/C12H16NO4P/c1-10(6-5-9-18(15,16)17)13-12(14)11-7-3-2-4-8-11/h2-5,7-10H,6H2,1H3,(H,13,14)(H2,15,16,17)/b9-5+. The van der Waals surface area contributed by atoms with E-state index < -0.39 is 7.60 Å². The second-order valence-corrected chi connectivity index (χ2v) is 5.43. The highest BCUT2D eigenvalue weighted by Gasteiger charge is 2.09. The molecule has 1 atom stereocenters. The van der Waals surface area contributed by atoms with Crippen LogP contribution >= 0.6 is 7.60 Å². The van der Waals surface area contributed by atoms with Crippen LogP contribution in [0.25, 0.3) is 0 Å². The molecule has 0 aliphatic carbocycles. The number of amides is 1. The lowest BCUT2D eigenvalue weighted by Crippen LogP contribution is -2.32. The van der Waals surface area contributed by atoms with Crippen molar-refractivity contribution in [3.63, 3.8) is 0 Å². The van der Waals surface area contributed by atoms with E-state index in [1.54, 1.807) is 31.2 Å². The summed E-state index contributed by atoms with van der Waals surface area (Å²) >= 11 is 0. The van der Waals surface area contributed by atoms with E-state index in [1.165, 1.54) is 6.08 Å². The summed E-state index contributed by atoms with van der Waals surface area (Å²) in [6.45, 7) is 1.77. The summed E-state index contributed by atoms with van der Waals surface area (Å²) in [5.41, 5.74) is 0.559. The molecule has 1 unspecified atom stereocenters. The summed E-state index contributed by atoms with van der Waals surface area (Å²) in [4.78, 5) is 29.0. The summed E-state index contributed by atoms with van der Waals surface area (Å²) in [6, 6.07) is 8.57. The molecule has 0 bridgehead atoms. The van der Waals surface area contributed by atoms with Gasteiger partial charge in [-0.2, -0.15) is 0 Å². The lowest BCUT2D eigenvalue weighted by molar-refractivity contribution is 0.0940. The van der Waals surface area contributed by atoms with E-state index in [4.69, 9.17) is 9.79 Å². The highest BCUT2D eigenvalue weighted by molar-refractivity contribution is 7.55. The van der Waals surface area contributed by atoms with E-state index in [0.717, 1.165) is 5.82 Å². The minimum absolute atomic E-state index is 0.194. The van der Waals surface area contributed by atoms with Crippen LogP contribution in [0.4, 0.5) is 0 Å². The predicted octanol–water partition coefficient (Wildman–Crippen LogP) is 1.89. The van der Waals surface area contributed by atoms with Crippen molar-refractivity contribution in [2.45, 2.75) is 19.4 Å². The number of hydrogen-bond donors (Lipinski definition) is 3. The molecule has 1 aromatic rings. The zero-order valence-corrected chi connectivity index (χ0v) is 10.9. The fraction of sp³-hybridized carbons (Fsp3) is 0.250. The molecule has 0 aromatic heterocycles. The lowest BCUT2D eigenvalue weighted by atomic mass is 10.2. The van der Waals surface area contributed by atoms with Gasteiger partial charge in [0.2, 0.25) is 0 Å². The average molecular weight is 269 g/mol. The van der Waals surface area contributed by atoms with E-state index >= 15 is 0 Å². The summed E-state index contributed by atoms with van der Waals surface area (Å²) in [7, 11) is -4.11. The largest absolute Gasteiger partial charge is 0.349 e. The molecule has 0 aliphatic heterocycles. The van der Waals surface area contributed by atoms with Crippen LogP contribution in [0.15, 0.2) is 42.2 Å². The van der Waals surface area contributed by atoms with Gasteiger partial charge in [-0.3, -0.25) is 9.36 Å². The third-order valence-electron chi connectivity index (χ3n) is 2.20. The maximum atomic E-state index is 11.7. The summed E-state index contributed by atoms with van der Waals surface area (Å²) < 4.78 is 10.6. The first kappa shape index (κ1) is 14.6. The van der Waals surface area contributed by atoms with E-state index in [9.17, 15) is 9.36 Å². The first-order valence-electron chi connectivity index (χ1n) is 5.47. The van der Waals surface area contributed by atoms with Crippen LogP contribution in [0, 0.1) is 0 Å². The SMILES string of the molecule is CC(C/C=C/P(=O)(O)O)NC(=O)c1ccccc1. The molecule has 18 heavy (non-hydrogen) atoms. The van der Waals surface area contributed by atoms with Crippen LogP contribution in [0.1, 0.15) is 23.7 Å². The molecule has 0 aliphatic rings. The van der Waals surface area contributed by atoms with Crippen molar-refractivity contribution < 1.29 is 19.1 Å². The van der Waals surface area contributed by atoms with E-state index in [1.807, 2.05) is 6.07 Å². The van der Waals surface area contributed by atoms with Gasteiger partial charge in [0.1, 0.15) is 0 Å². The minimum atomic E-state index is -4.11. The summed E-state index contributed by atoms with van der Waals surface area (Å²) in [5, 5.41) is 2.74. The van der Waals surface area contributed by atoms with Gasteiger partial charge in [0.05, 0.1) is 0 Å². The Morgan fingerprint density at radius 3 is 2.56 bits per heavy atom. The number of rotatable bonds is 5. The van der Waals surface area contributed by atoms with Crippen molar-refractivity contribution in [1.29, 1.82) is 0 Å². The Bertz CT molecular complexity index is 466. The molecule has 0 saturated carbocycles. The topological polar surface area (TPSA) is 86.6 Å². The molecule has 6 heteroatoms. The van der Waals surface area contributed by atoms with E-state index in [-0.39, 0.29) is 11.9 Å². The second-order valence-electron chi connectivity index (χ2n) is 3.95. The van der Waals surface area contributed by atoms with Gasteiger partial charge in [-0.15, -0.1) is 0 Å². The molecular formula is C12H16NO4P. The third-order valence-corrected chi connectivity index (χ3v) is 2.80. The van der Waals surface area contributed by atoms with Gasteiger partial charge in [0.25, 0.3) is 5.91 Å². The Hall–Kier alpha value is -1.42. The maximum Gasteiger partial charge on any atom is 0.348 e. The molecule has 3 N–H and O–H groups in total. The van der Waals surface area contributed by atoms with Crippen LogP contribution in [-0.4, -0.2) is 21.7 Å². The Morgan fingerprint density at radius 2 is 2.00 bits per heavy atom. The maximum absolute atomic E-state index is 11.7. The molecule has 0 fully saturated rings. The number of carbonyl (C=O) groups excluding carboxylic acids is 1. The number of hydrogen-bond acceptors (Lipinski definition) is 2. The highest BCUT2D eigenvalue weighted by atomic mass is 31.2. The third kappa shape index (κ3) is 5.77. The summed E-state index contributed by atoms with van der Waals surface area (Å²) in [5.74, 6) is 0.644. The molecular weight excluding hydrogens is 253 g/mol. The number of carbonyl (C=O) groups is 1. The van der Waals surface area contributed by atoms with Gasteiger partial charge in [0.15, 0.2) is 0 Å². The zero-order chi connectivity index (χ0) is 13.6. The fourth-order valence-corrected chi connectivity index (χ4v) is 1.75. The van der Waals surface area contributed by atoms with Crippen LogP contribution < -0.4 is 5.32 Å². The first-order valence-corrected chi connectivity index (χ1v) is 7.15. The molecule has 1 aromatic carbocycles. The molecule has 0 heterocycles. The predicted molar refractivity (Wildman–Crippen MR) is 69.2 cm³/mol. The van der Waals surface area contributed by atoms with Gasteiger partial charge in [-0.25, -0.2) is 0 Å². The average Bonchev–Trinajstić information content (AvgIpc) is 2.28. The lowest BCUT2D eigenvalue weighted by Gasteiger charge is -2.11. The van der Waals surface area contributed by atoms with Crippen molar-refractivity contribution in [2.24, 2.45) is 0 Å². The van der Waals surface area contributed by atoms with Crippen LogP contribution in [0.2, 0.25) is 0 Å². The molecule has 0 spiro atoms. The van der Waals surface area contributed by atoms with Crippen molar-refractivity contribution in [3.8, 4) is 0 Å². The second kappa shape index (κ2) is 6.50. The highest BCUT2D eigenvalue weighted by Crippen LogP contribution is 2.36. The quantitative estimate of drug-likeness (QED) is 0.712. The van der Waals surface area contributed by atoms with Gasteiger partial charge in [-0.05, 0) is 25.5 Å². The molecule has 1 rings (SSSR count). The van der Waals surface area contributed by atoms with Crippen molar-refractivity contribution in [1.82, 2.24) is 5.32 Å². The van der Waals surface area contributed by atoms with Crippen molar-refractivity contribution in [3.05, 3.63) is 47.8 Å². The van der Waals surface area contributed by atoms with E-state index in [0.29, 0.717) is 12.0 Å². The Morgan fingerprint density at radius 1 is 1.39 bits per heavy atom.